The fourth-order valence-electron chi connectivity index (χ4n) is 3.93. The van der Waals surface area contributed by atoms with Crippen LogP contribution in [0.4, 0.5) is 0 Å². The van der Waals surface area contributed by atoms with Crippen LogP contribution in [0.15, 0.2) is 29.9 Å². The first-order valence-corrected chi connectivity index (χ1v) is 10.5. The molecule has 1 heterocycles. The van der Waals surface area contributed by atoms with Crippen molar-refractivity contribution < 1.29 is 0 Å². The first kappa shape index (κ1) is 22.2. The molecule has 2 nitrogen and oxygen atoms in total. The molecule has 1 aliphatic carbocycles. The Labute approximate surface area is 171 Å². The van der Waals surface area contributed by atoms with E-state index in [1.165, 1.54) is 33.0 Å². The van der Waals surface area contributed by atoms with Gasteiger partial charge in [0.05, 0.1) is 11.1 Å². The molecule has 2 heteroatoms. The number of aromatic nitrogens is 1. The third kappa shape index (κ3) is 4.84. The number of hydrogen-bond acceptors (Lipinski definition) is 1. The number of H-pyrrole nitrogens is 1. The smallest absolute Gasteiger partial charge is 0.0743 e. The lowest BCUT2D eigenvalue weighted by molar-refractivity contribution is 0.582. The summed E-state index contributed by atoms with van der Waals surface area (Å²) in [6.07, 6.45) is 6.35. The Kier molecular flexibility index (Phi) is 6.75. The topological polar surface area (TPSA) is 28.1 Å². The molecular formula is C26H38N2. The van der Waals surface area contributed by atoms with E-state index < -0.39 is 0 Å². The van der Waals surface area contributed by atoms with Crippen molar-refractivity contribution in [1.29, 1.82) is 0 Å². The lowest BCUT2D eigenvalue weighted by Crippen LogP contribution is -2.38. The van der Waals surface area contributed by atoms with Gasteiger partial charge < -0.3 is 4.98 Å². The van der Waals surface area contributed by atoms with E-state index in [9.17, 15) is 0 Å². The number of benzene rings is 1. The predicted molar refractivity (Wildman–Crippen MR) is 124 cm³/mol. The standard InChI is InChI=1S/C26H38N2/c1-11-27-24-21(15-26(8,9)10)23(18(6)7)25-20(22(24)17(4)5)13-12-19(28-25)14-16(2)3/h11-18,28H,1H2,2-10H3/b19-14+,21-15?,27-24?. The van der Waals surface area contributed by atoms with Crippen molar-refractivity contribution in [3.8, 4) is 11.3 Å². The van der Waals surface area contributed by atoms with E-state index in [0.29, 0.717) is 17.8 Å². The average Bonchev–Trinajstić information content (AvgIpc) is 2.52. The van der Waals surface area contributed by atoms with Crippen LogP contribution in [0.5, 0.6) is 0 Å². The van der Waals surface area contributed by atoms with Crippen LogP contribution in [0, 0.1) is 11.3 Å². The molecule has 0 aromatic carbocycles. The van der Waals surface area contributed by atoms with Crippen LogP contribution in [0.1, 0.15) is 85.3 Å². The number of nitrogens with zero attached hydrogens (tertiary/aromatic N) is 1. The maximum Gasteiger partial charge on any atom is 0.0743 e. The molecule has 0 aromatic rings. The molecule has 152 valence electrons. The van der Waals surface area contributed by atoms with E-state index in [4.69, 9.17) is 4.99 Å². The summed E-state index contributed by atoms with van der Waals surface area (Å²) in [7, 11) is 0. The van der Waals surface area contributed by atoms with Crippen LogP contribution in [0.2, 0.25) is 0 Å². The summed E-state index contributed by atoms with van der Waals surface area (Å²) in [6, 6.07) is 4.47. The molecule has 0 saturated heterocycles. The summed E-state index contributed by atoms with van der Waals surface area (Å²) in [6.45, 7) is 24.1. The molecule has 0 atom stereocenters. The van der Waals surface area contributed by atoms with Gasteiger partial charge in [-0.3, -0.25) is 4.99 Å². The molecule has 2 aliphatic rings. The molecule has 0 saturated carbocycles. The second-order valence-corrected chi connectivity index (χ2v) is 9.83. The number of aromatic amines is 1. The Morgan fingerprint density at radius 1 is 0.964 bits per heavy atom. The van der Waals surface area contributed by atoms with Gasteiger partial charge in [0.15, 0.2) is 0 Å². The Hall–Kier alpha value is -2.09. The summed E-state index contributed by atoms with van der Waals surface area (Å²) in [5.74, 6) is 1.24. The molecule has 0 aromatic heterocycles. The van der Waals surface area contributed by atoms with E-state index in [0.717, 1.165) is 5.36 Å². The molecule has 28 heavy (non-hydrogen) atoms. The maximum absolute atomic E-state index is 4.79. The van der Waals surface area contributed by atoms with E-state index in [1.807, 2.05) is 0 Å². The predicted octanol–water partition coefficient (Wildman–Crippen LogP) is 5.67. The number of rotatable bonds is 4. The zero-order valence-corrected chi connectivity index (χ0v) is 19.3. The van der Waals surface area contributed by atoms with Crippen molar-refractivity contribution in [2.75, 3.05) is 0 Å². The fourth-order valence-corrected chi connectivity index (χ4v) is 3.93. The third-order valence-corrected chi connectivity index (χ3v) is 4.79. The average molecular weight is 379 g/mol. The van der Waals surface area contributed by atoms with Gasteiger partial charge in [0.25, 0.3) is 0 Å². The summed E-state index contributed by atoms with van der Waals surface area (Å²) in [4.78, 5) is 8.54. The number of pyridine rings is 1. The van der Waals surface area contributed by atoms with Gasteiger partial charge in [0.1, 0.15) is 0 Å². The van der Waals surface area contributed by atoms with Gasteiger partial charge in [-0.2, -0.15) is 0 Å². The van der Waals surface area contributed by atoms with Gasteiger partial charge in [-0.25, -0.2) is 0 Å². The highest BCUT2D eigenvalue weighted by molar-refractivity contribution is 5.71. The van der Waals surface area contributed by atoms with Crippen LogP contribution >= 0.6 is 0 Å². The maximum atomic E-state index is 4.79. The third-order valence-electron chi connectivity index (χ3n) is 4.79. The summed E-state index contributed by atoms with van der Waals surface area (Å²) >= 11 is 0. The Balaban J connectivity index is 3.27. The van der Waals surface area contributed by atoms with E-state index in [2.05, 4.69) is 98.2 Å². The quantitative estimate of drug-likeness (QED) is 0.710. The largest absolute Gasteiger partial charge is 0.355 e. The summed E-state index contributed by atoms with van der Waals surface area (Å²) < 4.78 is 0. The highest BCUT2D eigenvalue weighted by Gasteiger charge is 2.22. The minimum Gasteiger partial charge on any atom is -0.355 e. The Bertz CT molecular complexity index is 992. The minimum atomic E-state index is 0.0542. The van der Waals surface area contributed by atoms with E-state index >= 15 is 0 Å². The Morgan fingerprint density at radius 3 is 2.04 bits per heavy atom. The molecule has 0 radical (unpaired) electrons. The molecule has 2 rings (SSSR count). The van der Waals surface area contributed by atoms with Crippen LogP contribution < -0.4 is 15.9 Å². The van der Waals surface area contributed by atoms with Crippen LogP contribution in [0.3, 0.4) is 0 Å². The summed E-state index contributed by atoms with van der Waals surface area (Å²) in [5, 5.41) is 3.50. The molecule has 1 N–H and O–H groups in total. The van der Waals surface area contributed by atoms with Crippen LogP contribution in [-0.4, -0.2) is 4.98 Å². The molecule has 0 unspecified atom stereocenters. The number of fused-ring (bicyclic) bond motifs is 1. The van der Waals surface area contributed by atoms with Crippen molar-refractivity contribution >= 4 is 12.2 Å². The molecule has 1 aliphatic heterocycles. The van der Waals surface area contributed by atoms with Crippen molar-refractivity contribution in [2.24, 2.45) is 16.3 Å². The zero-order valence-electron chi connectivity index (χ0n) is 19.3. The SMILES string of the molecule is C=CN=c1c(C(C)C)c2cc/c(=C\C(C)C)[nH]c-2c(C(C)C)c1=CC(C)(C)C. The second-order valence-electron chi connectivity index (χ2n) is 9.83. The normalized spacial score (nSPS) is 14.9. The molecule has 0 fully saturated rings. The van der Waals surface area contributed by atoms with Crippen molar-refractivity contribution in [2.45, 2.75) is 74.1 Å². The molecule has 0 amide bonds. The molecular weight excluding hydrogens is 340 g/mol. The van der Waals surface area contributed by atoms with Gasteiger partial charge in [0.2, 0.25) is 0 Å². The van der Waals surface area contributed by atoms with Crippen molar-refractivity contribution in [3.63, 3.8) is 0 Å². The van der Waals surface area contributed by atoms with Gasteiger partial charge in [-0.1, -0.05) is 87.1 Å². The zero-order chi connectivity index (χ0) is 21.2. The van der Waals surface area contributed by atoms with Crippen molar-refractivity contribution in [3.05, 3.63) is 52.0 Å². The minimum absolute atomic E-state index is 0.0542. The first-order chi connectivity index (χ1) is 13.0. The van der Waals surface area contributed by atoms with Gasteiger partial charge in [-0.15, -0.1) is 0 Å². The lowest BCUT2D eigenvalue weighted by atomic mass is 9.83. The second kappa shape index (κ2) is 8.51. The number of hydrogen-bond donors (Lipinski definition) is 1. The Morgan fingerprint density at radius 2 is 1.57 bits per heavy atom. The highest BCUT2D eigenvalue weighted by atomic mass is 14.7. The van der Waals surface area contributed by atoms with Crippen molar-refractivity contribution in [1.82, 2.24) is 4.98 Å². The highest BCUT2D eigenvalue weighted by Crippen LogP contribution is 2.31. The van der Waals surface area contributed by atoms with Gasteiger partial charge in [0, 0.05) is 22.3 Å². The lowest BCUT2D eigenvalue weighted by Gasteiger charge is -2.24. The monoisotopic (exact) mass is 378 g/mol. The van der Waals surface area contributed by atoms with Gasteiger partial charge in [-0.05, 0) is 40.4 Å². The van der Waals surface area contributed by atoms with Crippen LogP contribution in [-0.2, 0) is 0 Å². The van der Waals surface area contributed by atoms with Crippen LogP contribution in [0.25, 0.3) is 23.4 Å². The summed E-state index contributed by atoms with van der Waals surface area (Å²) in [5.41, 5.74) is 5.20. The number of nitrogens with one attached hydrogen (secondary N) is 1. The molecule has 0 bridgehead atoms. The van der Waals surface area contributed by atoms with Gasteiger partial charge >= 0.3 is 0 Å². The first-order valence-electron chi connectivity index (χ1n) is 10.5. The molecule has 0 spiro atoms. The van der Waals surface area contributed by atoms with E-state index in [1.54, 1.807) is 6.20 Å². The van der Waals surface area contributed by atoms with E-state index in [-0.39, 0.29) is 5.41 Å². The fraction of sp³-hybridized carbons (Fsp3) is 0.500.